The molecule has 0 N–H and O–H groups in total. The lowest BCUT2D eigenvalue weighted by atomic mass is 10.2. The van der Waals surface area contributed by atoms with Gasteiger partial charge in [-0.3, -0.25) is 0 Å². The maximum absolute atomic E-state index is 11.9. The van der Waals surface area contributed by atoms with Gasteiger partial charge in [0.2, 0.25) is 0 Å². The molecule has 0 aliphatic rings. The first-order chi connectivity index (χ1) is 4.63. The highest BCUT2D eigenvalue weighted by atomic mass is 19.2. The Morgan fingerprint density at radius 3 is 2.00 bits per heavy atom. The zero-order valence-corrected chi connectivity index (χ0v) is 4.91. The van der Waals surface area contributed by atoms with Crippen LogP contribution in [0.15, 0.2) is 0 Å². The second-order valence-corrected chi connectivity index (χ2v) is 1.69. The van der Waals surface area contributed by atoms with Crippen molar-refractivity contribution >= 4 is 0 Å². The fourth-order valence-corrected chi connectivity index (χ4v) is 0.354. The Hall–Kier alpha value is -0.350. The summed E-state index contributed by atoms with van der Waals surface area (Å²) in [6, 6.07) is 0. The Labute approximate surface area is 55.0 Å². The van der Waals surface area contributed by atoms with Gasteiger partial charge >= 0.3 is 0 Å². The van der Waals surface area contributed by atoms with E-state index in [4.69, 9.17) is 0 Å². The molecule has 1 radical (unpaired) electrons. The summed E-state index contributed by atoms with van der Waals surface area (Å²) in [4.78, 5) is 0. The molecule has 3 unspecified atom stereocenters. The van der Waals surface area contributed by atoms with Crippen molar-refractivity contribution in [2.45, 2.75) is 18.5 Å². The Balaban J connectivity index is 3.69. The van der Waals surface area contributed by atoms with Crippen LogP contribution in [0.4, 0.5) is 22.0 Å². The van der Waals surface area contributed by atoms with E-state index in [0.29, 0.717) is 0 Å². The molecule has 10 heavy (non-hydrogen) atoms. The highest BCUT2D eigenvalue weighted by Gasteiger charge is 2.29. The first-order valence-corrected chi connectivity index (χ1v) is 2.55. The van der Waals surface area contributed by atoms with Crippen molar-refractivity contribution in [2.75, 3.05) is 6.67 Å². The first kappa shape index (κ1) is 9.65. The third-order valence-corrected chi connectivity index (χ3v) is 0.918. The molecule has 0 saturated heterocycles. The van der Waals surface area contributed by atoms with Crippen molar-refractivity contribution in [3.8, 4) is 0 Å². The van der Waals surface area contributed by atoms with Crippen molar-refractivity contribution in [3.63, 3.8) is 0 Å². The Kier molecular flexibility index (Phi) is 4.31. The molecule has 0 rings (SSSR count). The molecule has 0 spiro atoms. The van der Waals surface area contributed by atoms with Crippen molar-refractivity contribution in [3.05, 3.63) is 6.67 Å². The highest BCUT2D eigenvalue weighted by Crippen LogP contribution is 2.14. The van der Waals surface area contributed by atoms with Crippen molar-refractivity contribution < 1.29 is 22.0 Å². The second kappa shape index (κ2) is 4.46. The largest absolute Gasteiger partial charge is 0.248 e. The molecule has 0 bridgehead atoms. The Morgan fingerprint density at radius 2 is 1.70 bits per heavy atom. The van der Waals surface area contributed by atoms with Crippen molar-refractivity contribution in [2.24, 2.45) is 0 Å². The van der Waals surface area contributed by atoms with Gasteiger partial charge in [-0.1, -0.05) is 0 Å². The van der Waals surface area contributed by atoms with E-state index in [9.17, 15) is 22.0 Å². The van der Waals surface area contributed by atoms with E-state index >= 15 is 0 Å². The highest BCUT2D eigenvalue weighted by molar-refractivity contribution is 4.80. The lowest BCUT2D eigenvalue weighted by Crippen LogP contribution is -2.29. The zero-order valence-electron chi connectivity index (χ0n) is 4.91. The third-order valence-electron chi connectivity index (χ3n) is 0.918. The topological polar surface area (TPSA) is 0 Å². The van der Waals surface area contributed by atoms with Gasteiger partial charge in [0.15, 0.2) is 25.2 Å². The van der Waals surface area contributed by atoms with E-state index in [2.05, 4.69) is 0 Å². The SMILES string of the molecule is F[CH]C(F)C(F)C(F)CF. The van der Waals surface area contributed by atoms with Gasteiger partial charge in [0, 0.05) is 0 Å². The van der Waals surface area contributed by atoms with E-state index in [0.717, 1.165) is 0 Å². The van der Waals surface area contributed by atoms with E-state index in [1.807, 2.05) is 0 Å². The van der Waals surface area contributed by atoms with Gasteiger partial charge in [-0.15, -0.1) is 0 Å². The van der Waals surface area contributed by atoms with Gasteiger partial charge in [-0.05, 0) is 0 Å². The number of halogens is 5. The lowest BCUT2D eigenvalue weighted by molar-refractivity contribution is 0.0706. The molecule has 3 atom stereocenters. The summed E-state index contributed by atoms with van der Waals surface area (Å²) in [5.74, 6) is 0. The molecule has 0 fully saturated rings. The molecule has 0 amide bonds. The monoisotopic (exact) mass is 161 g/mol. The smallest absolute Gasteiger partial charge is 0.168 e. The maximum atomic E-state index is 11.9. The fourth-order valence-electron chi connectivity index (χ4n) is 0.354. The average Bonchev–Trinajstić information content (AvgIpc) is 2.00. The van der Waals surface area contributed by atoms with Gasteiger partial charge in [0.25, 0.3) is 0 Å². The molecule has 0 aromatic heterocycles. The number of rotatable bonds is 4. The molecule has 5 heteroatoms. The molecule has 0 heterocycles. The minimum Gasteiger partial charge on any atom is -0.248 e. The predicted molar refractivity (Wildman–Crippen MR) is 26.1 cm³/mol. The quantitative estimate of drug-likeness (QED) is 0.554. The van der Waals surface area contributed by atoms with E-state index in [-0.39, 0.29) is 0 Å². The van der Waals surface area contributed by atoms with Crippen LogP contribution in [0.2, 0.25) is 0 Å². The van der Waals surface area contributed by atoms with Crippen molar-refractivity contribution in [1.29, 1.82) is 0 Å². The van der Waals surface area contributed by atoms with Gasteiger partial charge in [0.05, 0.1) is 0 Å². The Bertz CT molecular complexity index is 76.1. The summed E-state index contributed by atoms with van der Waals surface area (Å²) < 4.78 is 57.8. The first-order valence-electron chi connectivity index (χ1n) is 2.55. The molecule has 0 aliphatic carbocycles. The van der Waals surface area contributed by atoms with Crippen LogP contribution in [0.1, 0.15) is 0 Å². The van der Waals surface area contributed by atoms with Gasteiger partial charge < -0.3 is 0 Å². The molecule has 0 saturated carbocycles. The Morgan fingerprint density at radius 1 is 1.20 bits per heavy atom. The molecular formula is C5H6F5. The summed E-state index contributed by atoms with van der Waals surface area (Å²) in [6.45, 7) is -2.29. The number of alkyl halides is 4. The minimum absolute atomic E-state index is 0.646. The van der Waals surface area contributed by atoms with Gasteiger partial charge in [-0.2, -0.15) is 0 Å². The van der Waals surface area contributed by atoms with Crippen LogP contribution in [0.25, 0.3) is 0 Å². The van der Waals surface area contributed by atoms with Crippen LogP contribution in [0, 0.1) is 6.67 Å². The summed E-state index contributed by atoms with van der Waals surface area (Å²) >= 11 is 0. The van der Waals surface area contributed by atoms with Crippen LogP contribution in [0.3, 0.4) is 0 Å². The predicted octanol–water partition coefficient (Wildman–Crippen LogP) is 2.10. The number of hydrogen-bond acceptors (Lipinski definition) is 0. The molecule has 0 aliphatic heterocycles. The molecule has 0 aromatic carbocycles. The number of hydrogen-bond donors (Lipinski definition) is 0. The summed E-state index contributed by atoms with van der Waals surface area (Å²) in [5, 5.41) is 0. The maximum Gasteiger partial charge on any atom is 0.168 e. The van der Waals surface area contributed by atoms with Gasteiger partial charge in [0.1, 0.15) is 6.67 Å². The van der Waals surface area contributed by atoms with Crippen LogP contribution in [-0.2, 0) is 0 Å². The van der Waals surface area contributed by atoms with E-state index < -0.39 is 31.9 Å². The standard InChI is InChI=1S/C5H6F5/c6-1-3(8)5(10)4(9)2-7/h1,3-5H,2H2. The van der Waals surface area contributed by atoms with Crippen LogP contribution in [0.5, 0.6) is 0 Å². The van der Waals surface area contributed by atoms with Crippen LogP contribution < -0.4 is 0 Å². The van der Waals surface area contributed by atoms with E-state index in [1.54, 1.807) is 0 Å². The summed E-state index contributed by atoms with van der Waals surface area (Å²) in [5.41, 5.74) is 0. The summed E-state index contributed by atoms with van der Waals surface area (Å²) in [6.07, 6.45) is -8.00. The van der Waals surface area contributed by atoms with E-state index in [1.165, 1.54) is 0 Å². The lowest BCUT2D eigenvalue weighted by Gasteiger charge is -2.10. The fraction of sp³-hybridized carbons (Fsp3) is 0.800. The van der Waals surface area contributed by atoms with Gasteiger partial charge in [-0.25, -0.2) is 22.0 Å². The third kappa shape index (κ3) is 2.49. The van der Waals surface area contributed by atoms with Crippen molar-refractivity contribution in [1.82, 2.24) is 0 Å². The average molecular weight is 161 g/mol. The molecule has 61 valence electrons. The molecule has 0 nitrogen and oxygen atoms in total. The van der Waals surface area contributed by atoms with Crippen LogP contribution in [-0.4, -0.2) is 25.2 Å². The minimum atomic E-state index is -2.74. The molecular weight excluding hydrogens is 155 g/mol. The second-order valence-electron chi connectivity index (χ2n) is 1.69. The zero-order chi connectivity index (χ0) is 8.15. The summed E-state index contributed by atoms with van der Waals surface area (Å²) in [7, 11) is 0. The normalized spacial score (nSPS) is 20.1. The van der Waals surface area contributed by atoms with Crippen LogP contribution >= 0.6 is 0 Å². The molecule has 0 aromatic rings.